The van der Waals surface area contributed by atoms with E-state index in [2.05, 4.69) is 4.98 Å². The molecule has 100 valence electrons. The SMILES string of the molecule is N#CCn1c(=O)nc2n1C(=O)N(c1cccc(Cl)c1)C2. The van der Waals surface area contributed by atoms with Crippen molar-refractivity contribution in [3.63, 3.8) is 0 Å². The monoisotopic (exact) mass is 289 g/mol. The molecule has 0 radical (unpaired) electrons. The Morgan fingerprint density at radius 1 is 1.40 bits per heavy atom. The Morgan fingerprint density at radius 3 is 2.90 bits per heavy atom. The van der Waals surface area contributed by atoms with E-state index in [0.29, 0.717) is 16.5 Å². The number of rotatable bonds is 2. The van der Waals surface area contributed by atoms with Crippen molar-refractivity contribution in [3.05, 3.63) is 45.6 Å². The zero-order valence-electron chi connectivity index (χ0n) is 10.2. The van der Waals surface area contributed by atoms with Crippen molar-refractivity contribution in [2.45, 2.75) is 13.1 Å². The first-order valence-corrected chi connectivity index (χ1v) is 6.12. The second kappa shape index (κ2) is 4.51. The average Bonchev–Trinajstić information content (AvgIpc) is 2.88. The lowest BCUT2D eigenvalue weighted by molar-refractivity contribution is 0.245. The van der Waals surface area contributed by atoms with E-state index in [1.807, 2.05) is 6.07 Å². The summed E-state index contributed by atoms with van der Waals surface area (Å²) in [6.45, 7) is -0.0478. The average molecular weight is 290 g/mol. The third kappa shape index (κ3) is 1.78. The van der Waals surface area contributed by atoms with Gasteiger partial charge in [0.05, 0.1) is 12.6 Å². The molecule has 0 N–H and O–H groups in total. The number of amides is 1. The van der Waals surface area contributed by atoms with Gasteiger partial charge < -0.3 is 0 Å². The number of halogens is 1. The molecule has 20 heavy (non-hydrogen) atoms. The number of nitrogens with zero attached hydrogens (tertiary/aromatic N) is 5. The highest BCUT2D eigenvalue weighted by Crippen LogP contribution is 2.25. The summed E-state index contributed by atoms with van der Waals surface area (Å²) in [7, 11) is 0. The van der Waals surface area contributed by atoms with Crippen LogP contribution in [0.1, 0.15) is 5.82 Å². The van der Waals surface area contributed by atoms with Gasteiger partial charge in [-0.05, 0) is 18.2 Å². The lowest BCUT2D eigenvalue weighted by Gasteiger charge is -2.15. The van der Waals surface area contributed by atoms with E-state index in [4.69, 9.17) is 16.9 Å². The van der Waals surface area contributed by atoms with Gasteiger partial charge in [0, 0.05) is 10.7 Å². The van der Waals surface area contributed by atoms with Gasteiger partial charge in [-0.1, -0.05) is 17.7 Å². The van der Waals surface area contributed by atoms with Crippen molar-refractivity contribution in [2.24, 2.45) is 0 Å². The molecular weight excluding hydrogens is 282 g/mol. The summed E-state index contributed by atoms with van der Waals surface area (Å²) in [5.41, 5.74) is 0.0181. The Hall–Kier alpha value is -2.59. The van der Waals surface area contributed by atoms with Crippen LogP contribution in [-0.2, 0) is 13.1 Å². The molecule has 8 heteroatoms. The second-order valence-electron chi connectivity index (χ2n) is 4.19. The highest BCUT2D eigenvalue weighted by molar-refractivity contribution is 6.30. The smallest absolute Gasteiger partial charge is 0.285 e. The molecule has 7 nitrogen and oxygen atoms in total. The van der Waals surface area contributed by atoms with Gasteiger partial charge in [0.2, 0.25) is 0 Å². The van der Waals surface area contributed by atoms with E-state index in [9.17, 15) is 9.59 Å². The van der Waals surface area contributed by atoms with Crippen molar-refractivity contribution in [2.75, 3.05) is 4.90 Å². The van der Waals surface area contributed by atoms with Gasteiger partial charge in [0.15, 0.2) is 5.82 Å². The third-order valence-corrected chi connectivity index (χ3v) is 3.22. The summed E-state index contributed by atoms with van der Waals surface area (Å²) >= 11 is 5.90. The van der Waals surface area contributed by atoms with Crippen LogP contribution < -0.4 is 10.6 Å². The van der Waals surface area contributed by atoms with E-state index in [1.165, 1.54) is 4.90 Å². The van der Waals surface area contributed by atoms with E-state index in [1.54, 1.807) is 24.3 Å². The minimum atomic E-state index is -0.597. The van der Waals surface area contributed by atoms with Crippen molar-refractivity contribution in [1.29, 1.82) is 5.26 Å². The maximum Gasteiger partial charge on any atom is 0.365 e. The Labute approximate surface area is 118 Å². The van der Waals surface area contributed by atoms with Gasteiger partial charge in [-0.3, -0.25) is 4.90 Å². The Kier molecular flexibility index (Phi) is 2.80. The van der Waals surface area contributed by atoms with Gasteiger partial charge in [0.1, 0.15) is 6.54 Å². The lowest BCUT2D eigenvalue weighted by Crippen LogP contribution is -2.33. The molecule has 0 aliphatic carbocycles. The van der Waals surface area contributed by atoms with Crippen LogP contribution in [0.15, 0.2) is 29.1 Å². The minimum absolute atomic E-state index is 0.173. The maximum atomic E-state index is 12.4. The molecule has 3 rings (SSSR count). The molecule has 1 aromatic carbocycles. The van der Waals surface area contributed by atoms with E-state index in [0.717, 1.165) is 9.36 Å². The second-order valence-corrected chi connectivity index (χ2v) is 4.62. The van der Waals surface area contributed by atoms with Crippen molar-refractivity contribution < 1.29 is 4.79 Å². The van der Waals surface area contributed by atoms with Crippen LogP contribution in [0.2, 0.25) is 5.02 Å². The summed E-state index contributed by atoms with van der Waals surface area (Å²) in [6.07, 6.45) is 0. The predicted octanol–water partition coefficient (Wildman–Crippen LogP) is 1.21. The zero-order chi connectivity index (χ0) is 14.3. The van der Waals surface area contributed by atoms with Gasteiger partial charge in [0.25, 0.3) is 0 Å². The molecule has 2 aromatic rings. The van der Waals surface area contributed by atoms with E-state index in [-0.39, 0.29) is 13.1 Å². The molecule has 2 heterocycles. The number of carbonyl (C=O) groups is 1. The first-order valence-electron chi connectivity index (χ1n) is 5.75. The summed E-state index contributed by atoms with van der Waals surface area (Å²) in [6, 6.07) is 8.24. The highest BCUT2D eigenvalue weighted by Gasteiger charge is 2.33. The summed E-state index contributed by atoms with van der Waals surface area (Å²) in [4.78, 5) is 29.2. The Bertz CT molecular complexity index is 801. The van der Waals surface area contributed by atoms with Crippen molar-refractivity contribution in [1.82, 2.24) is 14.3 Å². The molecule has 1 amide bonds. The molecule has 0 spiro atoms. The number of hydrogen-bond acceptors (Lipinski definition) is 4. The van der Waals surface area contributed by atoms with Crippen LogP contribution >= 0.6 is 11.6 Å². The molecule has 0 bridgehead atoms. The van der Waals surface area contributed by atoms with Crippen molar-refractivity contribution in [3.8, 4) is 6.07 Å². The first-order chi connectivity index (χ1) is 9.61. The van der Waals surface area contributed by atoms with Crippen LogP contribution in [0.5, 0.6) is 0 Å². The molecule has 0 saturated carbocycles. The molecule has 0 saturated heterocycles. The fourth-order valence-electron chi connectivity index (χ4n) is 2.13. The highest BCUT2D eigenvalue weighted by atomic mass is 35.5. The fraction of sp³-hybridized carbons (Fsp3) is 0.167. The summed E-state index contributed by atoms with van der Waals surface area (Å²) in [5, 5.41) is 9.21. The molecule has 0 atom stereocenters. The Morgan fingerprint density at radius 2 is 2.20 bits per heavy atom. The predicted molar refractivity (Wildman–Crippen MR) is 70.5 cm³/mol. The largest absolute Gasteiger partial charge is 0.365 e. The van der Waals surface area contributed by atoms with E-state index >= 15 is 0 Å². The summed E-state index contributed by atoms with van der Waals surface area (Å²) in [5.74, 6) is 0.315. The fourth-order valence-corrected chi connectivity index (χ4v) is 2.32. The standard InChI is InChI=1S/C12H8ClN5O2/c13-8-2-1-3-9(6-8)16-7-10-15-11(19)17(5-4-14)18(10)12(16)20/h1-3,6H,5,7H2. The van der Waals surface area contributed by atoms with Gasteiger partial charge >= 0.3 is 11.7 Å². The van der Waals surface area contributed by atoms with E-state index < -0.39 is 11.7 Å². The maximum absolute atomic E-state index is 12.4. The van der Waals surface area contributed by atoms with Gasteiger partial charge in [-0.15, -0.1) is 0 Å². The van der Waals surface area contributed by atoms with Crippen molar-refractivity contribution >= 4 is 23.3 Å². The molecule has 1 aromatic heterocycles. The number of carbonyl (C=O) groups excluding carboxylic acids is 1. The summed E-state index contributed by atoms with van der Waals surface area (Å²) < 4.78 is 2.15. The minimum Gasteiger partial charge on any atom is -0.285 e. The zero-order valence-corrected chi connectivity index (χ0v) is 10.9. The molecule has 0 fully saturated rings. The third-order valence-electron chi connectivity index (χ3n) is 2.98. The normalized spacial score (nSPS) is 13.4. The first kappa shape index (κ1) is 12.4. The Balaban J connectivity index is 2.04. The van der Waals surface area contributed by atoms with Gasteiger partial charge in [-0.2, -0.15) is 14.9 Å². The molecule has 1 aliphatic heterocycles. The van der Waals surface area contributed by atoms with Crippen LogP contribution in [-0.4, -0.2) is 20.4 Å². The molecular formula is C12H8ClN5O2. The number of nitriles is 1. The van der Waals surface area contributed by atoms with Crippen LogP contribution in [0.4, 0.5) is 10.5 Å². The quantitative estimate of drug-likeness (QED) is 0.832. The number of benzene rings is 1. The van der Waals surface area contributed by atoms with Crippen LogP contribution in [0.25, 0.3) is 0 Å². The molecule has 1 aliphatic rings. The molecule has 0 unspecified atom stereocenters. The number of anilines is 1. The number of fused-ring (bicyclic) bond motifs is 1. The van der Waals surface area contributed by atoms with Crippen LogP contribution in [0, 0.1) is 11.3 Å². The lowest BCUT2D eigenvalue weighted by atomic mass is 10.3. The number of hydrogen-bond donors (Lipinski definition) is 0. The number of aromatic nitrogens is 3. The van der Waals surface area contributed by atoms with Crippen LogP contribution in [0.3, 0.4) is 0 Å². The topological polar surface area (TPSA) is 83.9 Å². The van der Waals surface area contributed by atoms with Gasteiger partial charge in [-0.25, -0.2) is 14.3 Å².